The van der Waals surface area contributed by atoms with Crippen molar-refractivity contribution in [3.05, 3.63) is 0 Å². The molecule has 0 spiro atoms. The molecule has 3 nitrogen and oxygen atoms in total. The highest BCUT2D eigenvalue weighted by atomic mass is 19.3. The first kappa shape index (κ1) is 14.4. The fourth-order valence-electron chi connectivity index (χ4n) is 2.19. The predicted molar refractivity (Wildman–Crippen MR) is 62.7 cm³/mol. The Hall–Kier alpha value is -0.710. The molecule has 1 aliphatic rings. The minimum absolute atomic E-state index is 0.125. The van der Waals surface area contributed by atoms with Gasteiger partial charge in [0.2, 0.25) is 5.91 Å². The average Bonchev–Trinajstić information content (AvgIpc) is 2.44. The second kappa shape index (κ2) is 5.76. The quantitative estimate of drug-likeness (QED) is 0.808. The largest absolute Gasteiger partial charge is 0.320 e. The summed E-state index contributed by atoms with van der Waals surface area (Å²) in [5, 5.41) is 3.17. The van der Waals surface area contributed by atoms with Gasteiger partial charge in [0.1, 0.15) is 0 Å². The van der Waals surface area contributed by atoms with E-state index >= 15 is 0 Å². The van der Waals surface area contributed by atoms with Crippen molar-refractivity contribution in [2.24, 2.45) is 11.8 Å². The number of amides is 1. The second-order valence-corrected chi connectivity index (χ2v) is 5.42. The molecule has 5 heteroatoms. The standard InChI is InChI=1S/C12H22F2N2O/c1-7(2)5-10-15-11(8(3)4)12(17)16(10)6-9(13)14/h7-11,15H,5-6H2,1-4H3. The lowest BCUT2D eigenvalue weighted by Gasteiger charge is -2.25. The van der Waals surface area contributed by atoms with Gasteiger partial charge < -0.3 is 4.90 Å². The van der Waals surface area contributed by atoms with Crippen molar-refractivity contribution in [3.63, 3.8) is 0 Å². The number of carbonyl (C=O) groups excluding carboxylic acids is 1. The topological polar surface area (TPSA) is 32.3 Å². The fourth-order valence-corrected chi connectivity index (χ4v) is 2.19. The van der Waals surface area contributed by atoms with Gasteiger partial charge >= 0.3 is 0 Å². The van der Waals surface area contributed by atoms with Gasteiger partial charge in [-0.05, 0) is 18.3 Å². The van der Waals surface area contributed by atoms with E-state index in [1.54, 1.807) is 0 Å². The van der Waals surface area contributed by atoms with Gasteiger partial charge in [0.05, 0.1) is 18.8 Å². The number of halogens is 2. The van der Waals surface area contributed by atoms with Crippen LogP contribution in [0.5, 0.6) is 0 Å². The van der Waals surface area contributed by atoms with E-state index in [-0.39, 0.29) is 24.0 Å². The maximum atomic E-state index is 12.5. The number of carbonyl (C=O) groups is 1. The highest BCUT2D eigenvalue weighted by molar-refractivity contribution is 5.84. The molecular formula is C12H22F2N2O. The summed E-state index contributed by atoms with van der Waals surface area (Å²) in [5.74, 6) is 0.303. The number of alkyl halides is 2. The number of nitrogens with zero attached hydrogens (tertiary/aromatic N) is 1. The van der Waals surface area contributed by atoms with Crippen molar-refractivity contribution in [1.29, 1.82) is 0 Å². The average molecular weight is 248 g/mol. The Labute approximate surface area is 102 Å². The summed E-state index contributed by atoms with van der Waals surface area (Å²) in [6.45, 7) is 7.43. The maximum Gasteiger partial charge on any atom is 0.255 e. The third-order valence-electron chi connectivity index (χ3n) is 2.99. The lowest BCUT2D eigenvalue weighted by Crippen LogP contribution is -2.41. The molecule has 1 saturated heterocycles. The van der Waals surface area contributed by atoms with Gasteiger partial charge in [0.15, 0.2) is 0 Å². The summed E-state index contributed by atoms with van der Waals surface area (Å²) in [7, 11) is 0. The highest BCUT2D eigenvalue weighted by Crippen LogP contribution is 2.22. The van der Waals surface area contributed by atoms with E-state index in [1.165, 1.54) is 4.90 Å². The molecular weight excluding hydrogens is 226 g/mol. The second-order valence-electron chi connectivity index (χ2n) is 5.42. The Morgan fingerprint density at radius 1 is 1.29 bits per heavy atom. The van der Waals surface area contributed by atoms with Crippen LogP contribution >= 0.6 is 0 Å². The van der Waals surface area contributed by atoms with E-state index in [1.807, 2.05) is 27.7 Å². The van der Waals surface area contributed by atoms with Crippen LogP contribution in [0.2, 0.25) is 0 Å². The normalized spacial score (nSPS) is 25.7. The van der Waals surface area contributed by atoms with Gasteiger partial charge in [-0.2, -0.15) is 0 Å². The minimum Gasteiger partial charge on any atom is -0.320 e. The lowest BCUT2D eigenvalue weighted by atomic mass is 10.0. The van der Waals surface area contributed by atoms with E-state index in [2.05, 4.69) is 5.32 Å². The van der Waals surface area contributed by atoms with E-state index in [0.717, 1.165) is 0 Å². The Kier molecular flexibility index (Phi) is 4.86. The predicted octanol–water partition coefficient (Wildman–Crippen LogP) is 2.08. The smallest absolute Gasteiger partial charge is 0.255 e. The zero-order valence-corrected chi connectivity index (χ0v) is 10.9. The van der Waals surface area contributed by atoms with Crippen LogP contribution in [0.1, 0.15) is 34.1 Å². The van der Waals surface area contributed by atoms with Crippen LogP contribution in [0, 0.1) is 11.8 Å². The molecule has 2 atom stereocenters. The molecule has 0 radical (unpaired) electrons. The molecule has 0 aromatic carbocycles. The molecule has 2 unspecified atom stereocenters. The highest BCUT2D eigenvalue weighted by Gasteiger charge is 2.41. The monoisotopic (exact) mass is 248 g/mol. The first-order chi connectivity index (χ1) is 7.82. The molecule has 0 aliphatic carbocycles. The third-order valence-corrected chi connectivity index (χ3v) is 2.99. The summed E-state index contributed by atoms with van der Waals surface area (Å²) in [6.07, 6.45) is -2.01. The van der Waals surface area contributed by atoms with Crippen LogP contribution in [0.25, 0.3) is 0 Å². The van der Waals surface area contributed by atoms with E-state index < -0.39 is 13.0 Å². The van der Waals surface area contributed by atoms with Gasteiger partial charge in [-0.1, -0.05) is 27.7 Å². The van der Waals surface area contributed by atoms with Crippen LogP contribution in [0.3, 0.4) is 0 Å². The molecule has 0 saturated carbocycles. The first-order valence-corrected chi connectivity index (χ1v) is 6.17. The van der Waals surface area contributed by atoms with Gasteiger partial charge in [-0.3, -0.25) is 10.1 Å². The molecule has 1 amide bonds. The Bertz CT molecular complexity index is 269. The van der Waals surface area contributed by atoms with E-state index in [9.17, 15) is 13.6 Å². The number of nitrogens with one attached hydrogen (secondary N) is 1. The molecule has 100 valence electrons. The van der Waals surface area contributed by atoms with Gasteiger partial charge in [-0.15, -0.1) is 0 Å². The Morgan fingerprint density at radius 3 is 2.29 bits per heavy atom. The van der Waals surface area contributed by atoms with Crippen LogP contribution in [-0.4, -0.2) is 36.0 Å². The SMILES string of the molecule is CC(C)CC1NC(C(C)C)C(=O)N1CC(F)F. The van der Waals surface area contributed by atoms with Crippen LogP contribution in [0.4, 0.5) is 8.78 Å². The summed E-state index contributed by atoms with van der Waals surface area (Å²) in [5.41, 5.74) is 0. The van der Waals surface area contributed by atoms with Crippen molar-refractivity contribution in [2.75, 3.05) is 6.54 Å². The number of rotatable bonds is 5. The summed E-state index contributed by atoms with van der Waals surface area (Å²) < 4.78 is 25.0. The fraction of sp³-hybridized carbons (Fsp3) is 0.917. The molecule has 1 heterocycles. The minimum atomic E-state index is -2.47. The molecule has 1 fully saturated rings. The first-order valence-electron chi connectivity index (χ1n) is 6.17. The molecule has 1 rings (SSSR count). The zero-order valence-electron chi connectivity index (χ0n) is 10.9. The van der Waals surface area contributed by atoms with Crippen molar-refractivity contribution in [1.82, 2.24) is 10.2 Å². The third kappa shape index (κ3) is 3.63. The van der Waals surface area contributed by atoms with E-state index in [4.69, 9.17) is 0 Å². The van der Waals surface area contributed by atoms with E-state index in [0.29, 0.717) is 12.3 Å². The van der Waals surface area contributed by atoms with Crippen molar-refractivity contribution in [3.8, 4) is 0 Å². The Morgan fingerprint density at radius 2 is 1.88 bits per heavy atom. The molecule has 0 bridgehead atoms. The molecule has 1 aliphatic heterocycles. The van der Waals surface area contributed by atoms with Crippen LogP contribution in [-0.2, 0) is 4.79 Å². The molecule has 17 heavy (non-hydrogen) atoms. The number of hydrogen-bond donors (Lipinski definition) is 1. The summed E-state index contributed by atoms with van der Waals surface area (Å²) in [4.78, 5) is 13.3. The molecule has 0 aromatic rings. The van der Waals surface area contributed by atoms with Gasteiger partial charge in [-0.25, -0.2) is 8.78 Å². The maximum absolute atomic E-state index is 12.5. The zero-order chi connectivity index (χ0) is 13.2. The number of hydrogen-bond acceptors (Lipinski definition) is 2. The lowest BCUT2D eigenvalue weighted by molar-refractivity contribution is -0.132. The summed E-state index contributed by atoms with van der Waals surface area (Å²) >= 11 is 0. The van der Waals surface area contributed by atoms with Crippen molar-refractivity contribution < 1.29 is 13.6 Å². The van der Waals surface area contributed by atoms with Gasteiger partial charge in [0, 0.05) is 0 Å². The molecule has 1 N–H and O–H groups in total. The Balaban J connectivity index is 2.76. The molecule has 0 aromatic heterocycles. The van der Waals surface area contributed by atoms with Crippen LogP contribution < -0.4 is 5.32 Å². The summed E-state index contributed by atoms with van der Waals surface area (Å²) in [6, 6.07) is -0.322. The van der Waals surface area contributed by atoms with Gasteiger partial charge in [0.25, 0.3) is 6.43 Å². The van der Waals surface area contributed by atoms with Crippen molar-refractivity contribution in [2.45, 2.75) is 52.7 Å². The van der Waals surface area contributed by atoms with Crippen molar-refractivity contribution >= 4 is 5.91 Å². The van der Waals surface area contributed by atoms with Crippen LogP contribution in [0.15, 0.2) is 0 Å².